The largest absolute Gasteiger partial charge is 0.371 e. The van der Waals surface area contributed by atoms with Crippen molar-refractivity contribution in [3.05, 3.63) is 35.4 Å². The third-order valence-electron chi connectivity index (χ3n) is 2.99. The standard InChI is InChI=1S/C14H17NO/c1-3-15-9-8-13-10-12(5-4-11(2)16)6-7-14(13)15/h4-7,10H,3,8-9H2,1-2H3/b5-4+. The molecule has 0 amide bonds. The summed E-state index contributed by atoms with van der Waals surface area (Å²) >= 11 is 0. The van der Waals surface area contributed by atoms with Crippen LogP contribution in [0.4, 0.5) is 5.69 Å². The van der Waals surface area contributed by atoms with Crippen molar-refractivity contribution in [2.24, 2.45) is 0 Å². The van der Waals surface area contributed by atoms with Crippen molar-refractivity contribution in [2.75, 3.05) is 18.0 Å². The zero-order valence-electron chi connectivity index (χ0n) is 9.86. The number of rotatable bonds is 3. The Balaban J connectivity index is 2.24. The van der Waals surface area contributed by atoms with E-state index in [4.69, 9.17) is 0 Å². The van der Waals surface area contributed by atoms with Gasteiger partial charge in [0.1, 0.15) is 0 Å². The third-order valence-corrected chi connectivity index (χ3v) is 2.99. The second-order valence-corrected chi connectivity index (χ2v) is 4.16. The zero-order chi connectivity index (χ0) is 11.5. The Morgan fingerprint density at radius 3 is 3.00 bits per heavy atom. The van der Waals surface area contributed by atoms with Crippen LogP contribution in [0.3, 0.4) is 0 Å². The minimum absolute atomic E-state index is 0.0932. The van der Waals surface area contributed by atoms with Gasteiger partial charge in [0.2, 0.25) is 0 Å². The van der Waals surface area contributed by atoms with E-state index in [0.29, 0.717) is 0 Å². The lowest BCUT2D eigenvalue weighted by Gasteiger charge is -2.16. The molecule has 0 saturated carbocycles. The number of carbonyl (C=O) groups excluding carboxylic acids is 1. The van der Waals surface area contributed by atoms with Gasteiger partial charge in [-0.15, -0.1) is 0 Å². The molecule has 1 aromatic rings. The molecular weight excluding hydrogens is 198 g/mol. The molecule has 0 bridgehead atoms. The highest BCUT2D eigenvalue weighted by molar-refractivity contribution is 5.91. The van der Waals surface area contributed by atoms with E-state index >= 15 is 0 Å². The number of carbonyl (C=O) groups is 1. The number of ketones is 1. The normalized spacial score (nSPS) is 14.5. The Kier molecular flexibility index (Phi) is 3.09. The maximum absolute atomic E-state index is 10.9. The summed E-state index contributed by atoms with van der Waals surface area (Å²) in [6.45, 7) is 5.93. The maximum Gasteiger partial charge on any atom is 0.152 e. The van der Waals surface area contributed by atoms with E-state index < -0.39 is 0 Å². The maximum atomic E-state index is 10.9. The molecule has 0 unspecified atom stereocenters. The molecule has 2 nitrogen and oxygen atoms in total. The molecule has 1 aromatic carbocycles. The summed E-state index contributed by atoms with van der Waals surface area (Å²) in [7, 11) is 0. The fourth-order valence-corrected chi connectivity index (χ4v) is 2.14. The lowest BCUT2D eigenvalue weighted by atomic mass is 10.1. The van der Waals surface area contributed by atoms with Gasteiger partial charge in [0.05, 0.1) is 0 Å². The van der Waals surface area contributed by atoms with Crippen LogP contribution in [0.2, 0.25) is 0 Å². The van der Waals surface area contributed by atoms with Crippen LogP contribution in [0.1, 0.15) is 25.0 Å². The van der Waals surface area contributed by atoms with Crippen molar-refractivity contribution in [3.63, 3.8) is 0 Å². The number of benzene rings is 1. The topological polar surface area (TPSA) is 20.3 Å². The van der Waals surface area contributed by atoms with Crippen LogP contribution >= 0.6 is 0 Å². The smallest absolute Gasteiger partial charge is 0.152 e. The number of hydrogen-bond donors (Lipinski definition) is 0. The number of fused-ring (bicyclic) bond motifs is 1. The molecule has 2 rings (SSSR count). The van der Waals surface area contributed by atoms with Crippen molar-refractivity contribution in [2.45, 2.75) is 20.3 Å². The fraction of sp³-hybridized carbons (Fsp3) is 0.357. The Hall–Kier alpha value is -1.57. The highest BCUT2D eigenvalue weighted by Gasteiger charge is 2.16. The summed E-state index contributed by atoms with van der Waals surface area (Å²) in [6.07, 6.45) is 4.62. The van der Waals surface area contributed by atoms with E-state index in [1.807, 2.05) is 6.08 Å². The fourth-order valence-electron chi connectivity index (χ4n) is 2.14. The van der Waals surface area contributed by atoms with E-state index in [9.17, 15) is 4.79 Å². The van der Waals surface area contributed by atoms with Crippen molar-refractivity contribution in [1.82, 2.24) is 0 Å². The van der Waals surface area contributed by atoms with E-state index in [0.717, 1.165) is 25.1 Å². The summed E-state index contributed by atoms with van der Waals surface area (Å²) in [4.78, 5) is 13.2. The molecule has 1 aliphatic heterocycles. The Bertz CT molecular complexity index is 434. The first kappa shape index (κ1) is 10.9. The van der Waals surface area contributed by atoms with Gasteiger partial charge in [0, 0.05) is 18.8 Å². The number of likely N-dealkylation sites (N-methyl/N-ethyl adjacent to an activating group) is 1. The molecule has 0 atom stereocenters. The number of nitrogens with zero attached hydrogens (tertiary/aromatic N) is 1. The van der Waals surface area contributed by atoms with E-state index in [-0.39, 0.29) is 5.78 Å². The molecule has 1 heterocycles. The van der Waals surface area contributed by atoms with E-state index in [1.165, 1.54) is 11.3 Å². The van der Waals surface area contributed by atoms with Gasteiger partial charge in [-0.25, -0.2) is 0 Å². The van der Waals surface area contributed by atoms with Crippen molar-refractivity contribution < 1.29 is 4.79 Å². The van der Waals surface area contributed by atoms with E-state index in [2.05, 4.69) is 30.0 Å². The van der Waals surface area contributed by atoms with Crippen molar-refractivity contribution in [1.29, 1.82) is 0 Å². The van der Waals surface area contributed by atoms with Gasteiger partial charge < -0.3 is 4.90 Å². The number of anilines is 1. The zero-order valence-corrected chi connectivity index (χ0v) is 9.86. The first-order chi connectivity index (χ1) is 7.70. The Morgan fingerprint density at radius 2 is 2.31 bits per heavy atom. The van der Waals surface area contributed by atoms with Crippen molar-refractivity contribution >= 4 is 17.5 Å². The lowest BCUT2D eigenvalue weighted by Crippen LogP contribution is -2.18. The Labute approximate surface area is 96.6 Å². The van der Waals surface area contributed by atoms with Gasteiger partial charge in [-0.2, -0.15) is 0 Å². The summed E-state index contributed by atoms with van der Waals surface area (Å²) in [5, 5.41) is 0. The average molecular weight is 215 g/mol. The quantitative estimate of drug-likeness (QED) is 0.722. The minimum Gasteiger partial charge on any atom is -0.371 e. The second-order valence-electron chi connectivity index (χ2n) is 4.16. The van der Waals surface area contributed by atoms with Crippen LogP contribution in [0.25, 0.3) is 6.08 Å². The first-order valence-corrected chi connectivity index (χ1v) is 5.77. The molecule has 1 aliphatic rings. The van der Waals surface area contributed by atoms with Gasteiger partial charge >= 0.3 is 0 Å². The molecular formula is C14H17NO. The monoisotopic (exact) mass is 215 g/mol. The van der Waals surface area contributed by atoms with Gasteiger partial charge in [-0.3, -0.25) is 4.79 Å². The van der Waals surface area contributed by atoms with Crippen LogP contribution in [0.5, 0.6) is 0 Å². The average Bonchev–Trinajstić information content (AvgIpc) is 2.68. The summed E-state index contributed by atoms with van der Waals surface area (Å²) in [5.74, 6) is 0.0932. The van der Waals surface area contributed by atoms with Gasteiger partial charge in [-0.1, -0.05) is 12.1 Å². The number of hydrogen-bond acceptors (Lipinski definition) is 2. The second kappa shape index (κ2) is 4.52. The molecule has 0 radical (unpaired) electrons. The highest BCUT2D eigenvalue weighted by atomic mass is 16.1. The lowest BCUT2D eigenvalue weighted by molar-refractivity contribution is -0.112. The SMILES string of the molecule is CCN1CCc2cc(/C=C/C(C)=O)ccc21. The third kappa shape index (κ3) is 2.16. The van der Waals surface area contributed by atoms with Crippen LogP contribution in [-0.4, -0.2) is 18.9 Å². The molecule has 16 heavy (non-hydrogen) atoms. The Morgan fingerprint density at radius 1 is 1.50 bits per heavy atom. The molecule has 84 valence electrons. The van der Waals surface area contributed by atoms with Crippen molar-refractivity contribution in [3.8, 4) is 0 Å². The van der Waals surface area contributed by atoms with E-state index in [1.54, 1.807) is 13.0 Å². The molecule has 2 heteroatoms. The summed E-state index contributed by atoms with van der Waals surface area (Å²) in [6, 6.07) is 6.42. The van der Waals surface area contributed by atoms with Gasteiger partial charge in [0.15, 0.2) is 5.78 Å². The van der Waals surface area contributed by atoms with Crippen LogP contribution in [0.15, 0.2) is 24.3 Å². The highest BCUT2D eigenvalue weighted by Crippen LogP contribution is 2.28. The van der Waals surface area contributed by atoms with Crippen LogP contribution in [0, 0.1) is 0 Å². The predicted molar refractivity (Wildman–Crippen MR) is 67.7 cm³/mol. The van der Waals surface area contributed by atoms with Gasteiger partial charge in [-0.05, 0) is 49.6 Å². The molecule has 0 spiro atoms. The van der Waals surface area contributed by atoms with Crippen LogP contribution < -0.4 is 4.90 Å². The molecule has 0 aliphatic carbocycles. The molecule has 0 aromatic heterocycles. The van der Waals surface area contributed by atoms with Gasteiger partial charge in [0.25, 0.3) is 0 Å². The van der Waals surface area contributed by atoms with Crippen LogP contribution in [-0.2, 0) is 11.2 Å². The molecule has 0 fully saturated rings. The molecule has 0 N–H and O–H groups in total. The minimum atomic E-state index is 0.0932. The summed E-state index contributed by atoms with van der Waals surface area (Å²) < 4.78 is 0. The molecule has 0 saturated heterocycles. The first-order valence-electron chi connectivity index (χ1n) is 5.77. The number of allylic oxidation sites excluding steroid dienone is 1. The predicted octanol–water partition coefficient (Wildman–Crippen LogP) is 2.67. The summed E-state index contributed by atoms with van der Waals surface area (Å²) in [5.41, 5.74) is 3.86.